The van der Waals surface area contributed by atoms with Crippen molar-refractivity contribution in [2.24, 2.45) is 0 Å². The van der Waals surface area contributed by atoms with Crippen LogP contribution in [0.4, 0.5) is 11.4 Å². The normalized spacial score (nSPS) is 10.1. The number of terminal acetylenes is 1. The minimum absolute atomic E-state index is 0.0669. The van der Waals surface area contributed by atoms with Crippen molar-refractivity contribution in [3.63, 3.8) is 0 Å². The van der Waals surface area contributed by atoms with Gasteiger partial charge in [0.05, 0.1) is 10.3 Å². The number of non-ortho nitro benzene ring substituents is 1. The van der Waals surface area contributed by atoms with Gasteiger partial charge in [0, 0.05) is 42.5 Å². The molecule has 5 nitrogen and oxygen atoms in total. The van der Waals surface area contributed by atoms with Crippen molar-refractivity contribution < 1.29 is 4.92 Å². The minimum Gasteiger partial charge on any atom is -0.385 e. The first kappa shape index (κ1) is 12.8. The van der Waals surface area contributed by atoms with Gasteiger partial charge in [0.25, 0.3) is 5.69 Å². The average Bonchev–Trinajstić information content (AvgIpc) is 2.43. The summed E-state index contributed by atoms with van der Waals surface area (Å²) < 4.78 is 0. The second-order valence-corrected chi connectivity index (χ2v) is 4.05. The number of rotatable bonds is 5. The molecule has 1 aromatic carbocycles. The van der Waals surface area contributed by atoms with Crippen LogP contribution in [0.1, 0.15) is 12.8 Å². The van der Waals surface area contributed by atoms with Crippen LogP contribution in [0.25, 0.3) is 10.8 Å². The second kappa shape index (κ2) is 5.83. The third-order valence-corrected chi connectivity index (χ3v) is 2.81. The topological polar surface area (TPSA) is 68.1 Å². The van der Waals surface area contributed by atoms with Crippen LogP contribution < -0.4 is 5.32 Å². The highest BCUT2D eigenvalue weighted by atomic mass is 16.6. The van der Waals surface area contributed by atoms with E-state index in [1.165, 1.54) is 12.3 Å². The van der Waals surface area contributed by atoms with Gasteiger partial charge in [-0.2, -0.15) is 0 Å². The molecule has 0 saturated heterocycles. The number of fused-ring (bicyclic) bond motifs is 1. The number of hydrogen-bond acceptors (Lipinski definition) is 4. The van der Waals surface area contributed by atoms with Crippen LogP contribution in [0.15, 0.2) is 30.6 Å². The summed E-state index contributed by atoms with van der Waals surface area (Å²) in [5.41, 5.74) is 0.928. The quantitative estimate of drug-likeness (QED) is 0.386. The van der Waals surface area contributed by atoms with Crippen LogP contribution in [0.2, 0.25) is 0 Å². The number of pyridine rings is 1. The number of nitro groups is 1. The number of hydrogen-bond donors (Lipinski definition) is 1. The summed E-state index contributed by atoms with van der Waals surface area (Å²) in [4.78, 5) is 14.5. The van der Waals surface area contributed by atoms with Gasteiger partial charge in [-0.15, -0.1) is 12.3 Å². The molecule has 1 aromatic heterocycles. The Morgan fingerprint density at radius 1 is 1.37 bits per heavy atom. The molecule has 0 saturated carbocycles. The standard InChI is InChI=1S/C14H13N3O2/c1-2-3-4-8-16-13-5-6-14(17(18)19)12-10-15-9-7-11(12)13/h1,5-7,9-10,16H,3-4,8H2. The van der Waals surface area contributed by atoms with E-state index in [1.807, 2.05) is 0 Å². The summed E-state index contributed by atoms with van der Waals surface area (Å²) in [7, 11) is 0. The molecule has 0 bridgehead atoms. The number of anilines is 1. The van der Waals surface area contributed by atoms with Gasteiger partial charge in [0.1, 0.15) is 0 Å². The predicted molar refractivity (Wildman–Crippen MR) is 75.0 cm³/mol. The van der Waals surface area contributed by atoms with Crippen molar-refractivity contribution in [1.29, 1.82) is 0 Å². The molecular formula is C14H13N3O2. The molecule has 19 heavy (non-hydrogen) atoms. The maximum atomic E-state index is 11.0. The monoisotopic (exact) mass is 255 g/mol. The lowest BCUT2D eigenvalue weighted by atomic mass is 10.1. The zero-order valence-corrected chi connectivity index (χ0v) is 10.3. The van der Waals surface area contributed by atoms with Gasteiger partial charge in [-0.1, -0.05) is 0 Å². The van der Waals surface area contributed by atoms with Crippen molar-refractivity contribution >= 4 is 22.1 Å². The van der Waals surface area contributed by atoms with Crippen molar-refractivity contribution in [2.45, 2.75) is 12.8 Å². The molecule has 5 heteroatoms. The maximum Gasteiger partial charge on any atom is 0.278 e. The first-order valence-electron chi connectivity index (χ1n) is 5.92. The zero-order valence-electron chi connectivity index (χ0n) is 10.3. The van der Waals surface area contributed by atoms with E-state index in [4.69, 9.17) is 6.42 Å². The lowest BCUT2D eigenvalue weighted by molar-refractivity contribution is -0.383. The van der Waals surface area contributed by atoms with Gasteiger partial charge in [-0.05, 0) is 18.6 Å². The molecule has 0 aliphatic heterocycles. The predicted octanol–water partition coefficient (Wildman–Crippen LogP) is 2.97. The summed E-state index contributed by atoms with van der Waals surface area (Å²) in [6, 6.07) is 4.98. The van der Waals surface area contributed by atoms with E-state index in [0.29, 0.717) is 11.8 Å². The smallest absolute Gasteiger partial charge is 0.278 e. The van der Waals surface area contributed by atoms with Crippen molar-refractivity contribution in [3.05, 3.63) is 40.7 Å². The lowest BCUT2D eigenvalue weighted by Crippen LogP contribution is -2.02. The van der Waals surface area contributed by atoms with Crippen molar-refractivity contribution in [1.82, 2.24) is 4.98 Å². The molecule has 1 heterocycles. The average molecular weight is 255 g/mol. The lowest BCUT2D eigenvalue weighted by Gasteiger charge is -2.09. The second-order valence-electron chi connectivity index (χ2n) is 4.05. The fraction of sp³-hybridized carbons (Fsp3) is 0.214. The van der Waals surface area contributed by atoms with Crippen LogP contribution in [0.3, 0.4) is 0 Å². The van der Waals surface area contributed by atoms with Gasteiger partial charge < -0.3 is 5.32 Å². The van der Waals surface area contributed by atoms with Gasteiger partial charge in [-0.25, -0.2) is 0 Å². The molecule has 0 radical (unpaired) electrons. The SMILES string of the molecule is C#CCCCNc1ccc([N+](=O)[O-])c2cnccc12. The highest BCUT2D eigenvalue weighted by Crippen LogP contribution is 2.30. The van der Waals surface area contributed by atoms with Gasteiger partial charge in [0.2, 0.25) is 0 Å². The first-order valence-corrected chi connectivity index (χ1v) is 5.92. The Morgan fingerprint density at radius 3 is 2.95 bits per heavy atom. The molecular weight excluding hydrogens is 242 g/mol. The van der Waals surface area contributed by atoms with Crippen LogP contribution in [0, 0.1) is 22.5 Å². The fourth-order valence-electron chi connectivity index (χ4n) is 1.90. The molecule has 0 atom stereocenters. The van der Waals surface area contributed by atoms with Gasteiger partial charge in [-0.3, -0.25) is 15.1 Å². The highest BCUT2D eigenvalue weighted by Gasteiger charge is 2.13. The number of nitrogens with one attached hydrogen (secondary N) is 1. The Balaban J connectivity index is 2.33. The van der Waals surface area contributed by atoms with Gasteiger partial charge in [0.15, 0.2) is 0 Å². The molecule has 1 N–H and O–H groups in total. The van der Waals surface area contributed by atoms with Crippen LogP contribution >= 0.6 is 0 Å². The third-order valence-electron chi connectivity index (χ3n) is 2.81. The molecule has 2 rings (SSSR count). The number of unbranched alkanes of at least 4 members (excludes halogenated alkanes) is 1. The minimum atomic E-state index is -0.397. The van der Waals surface area contributed by atoms with E-state index in [1.54, 1.807) is 18.3 Å². The van der Waals surface area contributed by atoms with Gasteiger partial charge >= 0.3 is 0 Å². The van der Waals surface area contributed by atoms with E-state index in [-0.39, 0.29) is 5.69 Å². The molecule has 0 fully saturated rings. The fourth-order valence-corrected chi connectivity index (χ4v) is 1.90. The first-order chi connectivity index (χ1) is 9.24. The van der Waals surface area contributed by atoms with Crippen LogP contribution in [-0.2, 0) is 0 Å². The van der Waals surface area contributed by atoms with E-state index < -0.39 is 4.92 Å². The molecule has 2 aromatic rings. The summed E-state index contributed by atoms with van der Waals surface area (Å²) in [5.74, 6) is 2.58. The van der Waals surface area contributed by atoms with E-state index in [9.17, 15) is 10.1 Å². The summed E-state index contributed by atoms with van der Waals surface area (Å²) in [5, 5.41) is 15.5. The van der Waals surface area contributed by atoms with Crippen molar-refractivity contribution in [2.75, 3.05) is 11.9 Å². The molecule has 0 aliphatic rings. The molecule has 0 aliphatic carbocycles. The largest absolute Gasteiger partial charge is 0.385 e. The summed E-state index contributed by atoms with van der Waals surface area (Å²) in [6.07, 6.45) is 9.90. The number of nitro benzene ring substituents is 1. The molecule has 0 spiro atoms. The Morgan fingerprint density at radius 2 is 2.21 bits per heavy atom. The molecule has 0 amide bonds. The Hall–Kier alpha value is -2.61. The Bertz CT molecular complexity index is 647. The Kier molecular flexibility index (Phi) is 3.94. The molecule has 0 unspecified atom stereocenters. The van der Waals surface area contributed by atoms with Crippen LogP contribution in [-0.4, -0.2) is 16.5 Å². The molecule has 96 valence electrons. The summed E-state index contributed by atoms with van der Waals surface area (Å²) >= 11 is 0. The van der Waals surface area contributed by atoms with Crippen molar-refractivity contribution in [3.8, 4) is 12.3 Å². The number of aromatic nitrogens is 1. The number of nitrogens with zero attached hydrogens (tertiary/aromatic N) is 2. The summed E-state index contributed by atoms with van der Waals surface area (Å²) in [6.45, 7) is 0.736. The zero-order chi connectivity index (χ0) is 13.7. The van der Waals surface area contributed by atoms with E-state index in [0.717, 1.165) is 24.0 Å². The maximum absolute atomic E-state index is 11.0. The third kappa shape index (κ3) is 2.80. The Labute approximate surface area is 110 Å². The van der Waals surface area contributed by atoms with E-state index in [2.05, 4.69) is 16.2 Å². The number of benzene rings is 1. The van der Waals surface area contributed by atoms with Crippen LogP contribution in [0.5, 0.6) is 0 Å². The highest BCUT2D eigenvalue weighted by molar-refractivity contribution is 5.99. The van der Waals surface area contributed by atoms with E-state index >= 15 is 0 Å².